The molecule has 0 unspecified atom stereocenters. The Morgan fingerprint density at radius 2 is 2.11 bits per heavy atom. The van der Waals surface area contributed by atoms with Crippen molar-refractivity contribution in [1.82, 2.24) is 19.6 Å². The van der Waals surface area contributed by atoms with Gasteiger partial charge in [-0.2, -0.15) is 4.98 Å². The number of nitrogens with zero attached hydrogens (tertiary/aromatic N) is 3. The number of H-pyrrole nitrogens is 1. The van der Waals surface area contributed by atoms with E-state index >= 15 is 0 Å². The lowest BCUT2D eigenvalue weighted by Crippen LogP contribution is -2.08. The van der Waals surface area contributed by atoms with Crippen LogP contribution >= 0.6 is 0 Å². The summed E-state index contributed by atoms with van der Waals surface area (Å²) in [7, 11) is 0. The fraction of sp³-hybridized carbons (Fsp3) is 0.615. The number of hydrogen-bond donors (Lipinski definition) is 2. The second-order valence-corrected chi connectivity index (χ2v) is 5.29. The summed E-state index contributed by atoms with van der Waals surface area (Å²) in [6.07, 6.45) is 6.08. The predicted octanol–water partition coefficient (Wildman–Crippen LogP) is 2.04. The highest BCUT2D eigenvalue weighted by atomic mass is 16.4. The fourth-order valence-electron chi connectivity index (χ4n) is 2.90. The van der Waals surface area contributed by atoms with Gasteiger partial charge >= 0.3 is 5.97 Å². The Bertz CT molecular complexity index is 607. The molecule has 19 heavy (non-hydrogen) atoms. The van der Waals surface area contributed by atoms with Crippen molar-refractivity contribution in [3.05, 3.63) is 17.2 Å². The smallest absolute Gasteiger partial charge is 0.309 e. The SMILES string of the molecule is Cc1nc2nc(C3CCCCC3)[nH]n2c1CC(=O)O. The van der Waals surface area contributed by atoms with Gasteiger partial charge in [0, 0.05) is 5.92 Å². The standard InChI is InChI=1S/C13H18N4O2/c1-8-10(7-11(18)19)17-13(14-8)15-12(16-17)9-5-3-2-4-6-9/h9H,2-7H2,1H3,(H,18,19)(H,14,15,16). The number of rotatable bonds is 3. The third-order valence-electron chi connectivity index (χ3n) is 3.91. The molecule has 0 spiro atoms. The molecule has 1 aliphatic rings. The Morgan fingerprint density at radius 1 is 1.37 bits per heavy atom. The Balaban J connectivity index is 1.96. The molecule has 0 radical (unpaired) electrons. The molecule has 6 heteroatoms. The van der Waals surface area contributed by atoms with Crippen LogP contribution in [0.15, 0.2) is 0 Å². The van der Waals surface area contributed by atoms with E-state index in [9.17, 15) is 4.79 Å². The summed E-state index contributed by atoms with van der Waals surface area (Å²) in [5.74, 6) is 1.16. The van der Waals surface area contributed by atoms with Gasteiger partial charge in [-0.25, -0.2) is 9.50 Å². The van der Waals surface area contributed by atoms with E-state index in [1.807, 2.05) is 6.92 Å². The highest BCUT2D eigenvalue weighted by Crippen LogP contribution is 2.31. The molecule has 0 bridgehead atoms. The maximum absolute atomic E-state index is 10.9. The molecule has 2 aromatic heterocycles. The van der Waals surface area contributed by atoms with Gasteiger partial charge in [-0.15, -0.1) is 0 Å². The molecular formula is C13H18N4O2. The van der Waals surface area contributed by atoms with Crippen LogP contribution in [0.1, 0.15) is 55.2 Å². The van der Waals surface area contributed by atoms with Gasteiger partial charge in [0.2, 0.25) is 0 Å². The first kappa shape index (κ1) is 12.2. The predicted molar refractivity (Wildman–Crippen MR) is 69.2 cm³/mol. The number of aromatic amines is 1. The lowest BCUT2D eigenvalue weighted by atomic mass is 9.89. The van der Waals surface area contributed by atoms with Crippen LogP contribution in [0.25, 0.3) is 5.78 Å². The number of aliphatic carboxylic acids is 1. The van der Waals surface area contributed by atoms with Crippen molar-refractivity contribution >= 4 is 11.7 Å². The molecule has 0 amide bonds. The highest BCUT2D eigenvalue weighted by molar-refractivity contribution is 5.70. The normalized spacial score (nSPS) is 17.1. The number of aromatic nitrogens is 4. The molecule has 3 rings (SSSR count). The van der Waals surface area contributed by atoms with Crippen molar-refractivity contribution in [2.24, 2.45) is 0 Å². The second kappa shape index (κ2) is 4.68. The molecule has 2 aromatic rings. The molecule has 2 heterocycles. The molecule has 1 fully saturated rings. The lowest BCUT2D eigenvalue weighted by Gasteiger charge is -2.18. The zero-order chi connectivity index (χ0) is 13.4. The third-order valence-corrected chi connectivity index (χ3v) is 3.91. The molecule has 1 aliphatic carbocycles. The van der Waals surface area contributed by atoms with Crippen molar-refractivity contribution < 1.29 is 9.90 Å². The minimum absolute atomic E-state index is 0.0285. The fourth-order valence-corrected chi connectivity index (χ4v) is 2.90. The summed E-state index contributed by atoms with van der Waals surface area (Å²) in [5, 5.41) is 12.2. The maximum Gasteiger partial charge on any atom is 0.309 e. The van der Waals surface area contributed by atoms with Gasteiger partial charge < -0.3 is 5.11 Å². The number of carboxylic acids is 1. The highest BCUT2D eigenvalue weighted by Gasteiger charge is 2.21. The monoisotopic (exact) mass is 262 g/mol. The first-order chi connectivity index (χ1) is 9.15. The molecule has 0 aromatic carbocycles. The average molecular weight is 262 g/mol. The molecule has 0 saturated heterocycles. The second-order valence-electron chi connectivity index (χ2n) is 5.29. The first-order valence-corrected chi connectivity index (χ1v) is 6.81. The summed E-state index contributed by atoms with van der Waals surface area (Å²) in [4.78, 5) is 19.8. The van der Waals surface area contributed by atoms with Crippen molar-refractivity contribution in [2.75, 3.05) is 0 Å². The average Bonchev–Trinajstić information content (AvgIpc) is 2.90. The summed E-state index contributed by atoms with van der Waals surface area (Å²) < 4.78 is 1.73. The molecule has 1 saturated carbocycles. The minimum Gasteiger partial charge on any atom is -0.481 e. The molecule has 0 atom stereocenters. The Morgan fingerprint density at radius 3 is 2.79 bits per heavy atom. The Hall–Kier alpha value is -1.85. The topological polar surface area (TPSA) is 83.3 Å². The van der Waals surface area contributed by atoms with Crippen molar-refractivity contribution in [2.45, 2.75) is 51.4 Å². The number of fused-ring (bicyclic) bond motifs is 1. The molecule has 102 valence electrons. The van der Waals surface area contributed by atoms with Crippen molar-refractivity contribution in [1.29, 1.82) is 0 Å². The summed E-state index contributed by atoms with van der Waals surface area (Å²) in [6.45, 7) is 1.82. The molecular weight excluding hydrogens is 244 g/mol. The van der Waals surface area contributed by atoms with Crippen LogP contribution in [-0.4, -0.2) is 30.7 Å². The van der Waals surface area contributed by atoms with E-state index in [2.05, 4.69) is 15.1 Å². The van der Waals surface area contributed by atoms with E-state index in [0.29, 0.717) is 17.4 Å². The summed E-state index contributed by atoms with van der Waals surface area (Å²) in [6, 6.07) is 0. The van der Waals surface area contributed by atoms with Gasteiger partial charge in [0.15, 0.2) is 0 Å². The number of aryl methyl sites for hydroxylation is 1. The first-order valence-electron chi connectivity index (χ1n) is 6.81. The van der Waals surface area contributed by atoms with Gasteiger partial charge in [-0.1, -0.05) is 19.3 Å². The van der Waals surface area contributed by atoms with Gasteiger partial charge in [-0.3, -0.25) is 9.89 Å². The summed E-state index contributed by atoms with van der Waals surface area (Å²) >= 11 is 0. The number of carbonyl (C=O) groups is 1. The van der Waals surface area contributed by atoms with E-state index < -0.39 is 5.97 Å². The molecule has 6 nitrogen and oxygen atoms in total. The van der Waals surface area contributed by atoms with Gasteiger partial charge in [0.1, 0.15) is 5.82 Å². The lowest BCUT2D eigenvalue weighted by molar-refractivity contribution is -0.136. The largest absolute Gasteiger partial charge is 0.481 e. The number of imidazole rings is 1. The quantitative estimate of drug-likeness (QED) is 0.886. The van der Waals surface area contributed by atoms with Crippen molar-refractivity contribution in [3.63, 3.8) is 0 Å². The number of hydrogen-bond acceptors (Lipinski definition) is 3. The van der Waals surface area contributed by atoms with Crippen LogP contribution in [-0.2, 0) is 11.2 Å². The van der Waals surface area contributed by atoms with Crippen LogP contribution in [0, 0.1) is 6.92 Å². The Labute approximate surface area is 110 Å². The Kier molecular flexibility index (Phi) is 3.00. The zero-order valence-corrected chi connectivity index (χ0v) is 11.0. The molecule has 2 N–H and O–H groups in total. The van der Waals surface area contributed by atoms with Crippen LogP contribution in [0.3, 0.4) is 0 Å². The number of nitrogens with one attached hydrogen (secondary N) is 1. The third kappa shape index (κ3) is 2.22. The molecule has 0 aliphatic heterocycles. The van der Waals surface area contributed by atoms with Crippen LogP contribution in [0.5, 0.6) is 0 Å². The van der Waals surface area contributed by atoms with Crippen LogP contribution < -0.4 is 0 Å². The van der Waals surface area contributed by atoms with E-state index in [1.54, 1.807) is 4.52 Å². The minimum atomic E-state index is -0.848. The van der Waals surface area contributed by atoms with E-state index in [1.165, 1.54) is 19.3 Å². The van der Waals surface area contributed by atoms with E-state index in [-0.39, 0.29) is 6.42 Å². The van der Waals surface area contributed by atoms with E-state index in [4.69, 9.17) is 5.11 Å². The zero-order valence-electron chi connectivity index (χ0n) is 11.0. The van der Waals surface area contributed by atoms with Crippen LogP contribution in [0.2, 0.25) is 0 Å². The van der Waals surface area contributed by atoms with Gasteiger partial charge in [0.05, 0.1) is 17.8 Å². The van der Waals surface area contributed by atoms with Gasteiger partial charge in [-0.05, 0) is 19.8 Å². The number of carboxylic acid groups (broad SMARTS) is 1. The van der Waals surface area contributed by atoms with Crippen LogP contribution in [0.4, 0.5) is 0 Å². The van der Waals surface area contributed by atoms with E-state index in [0.717, 1.165) is 24.4 Å². The van der Waals surface area contributed by atoms with Gasteiger partial charge in [0.25, 0.3) is 5.78 Å². The summed E-state index contributed by atoms with van der Waals surface area (Å²) in [5.41, 5.74) is 1.42. The van der Waals surface area contributed by atoms with Crippen molar-refractivity contribution in [3.8, 4) is 0 Å². The maximum atomic E-state index is 10.9.